The number of halogens is 1. The van der Waals surface area contributed by atoms with Crippen LogP contribution in [0.25, 0.3) is 11.1 Å². The number of hydrogen-bond donors (Lipinski definition) is 1. The van der Waals surface area contributed by atoms with Crippen molar-refractivity contribution in [1.29, 1.82) is 5.26 Å². The molecule has 2 saturated carbocycles. The summed E-state index contributed by atoms with van der Waals surface area (Å²) in [6.07, 6.45) is 8.98. The molecule has 0 bridgehead atoms. The van der Waals surface area contributed by atoms with E-state index in [1.807, 2.05) is 6.07 Å². The van der Waals surface area contributed by atoms with Gasteiger partial charge in [0.25, 0.3) is 5.88 Å². The van der Waals surface area contributed by atoms with Gasteiger partial charge in [0, 0.05) is 48.6 Å². The number of rotatable bonds is 6. The van der Waals surface area contributed by atoms with Crippen molar-refractivity contribution in [3.05, 3.63) is 53.9 Å². The van der Waals surface area contributed by atoms with Crippen LogP contribution in [0.15, 0.2) is 36.7 Å². The number of fused-ring (bicyclic) bond motifs is 1. The largest absolute Gasteiger partial charge is 0.434 e. The Kier molecular flexibility index (Phi) is 6.70. The Balaban J connectivity index is 0.972. The molecule has 5 heterocycles. The lowest BCUT2D eigenvalue weighted by atomic mass is 9.72. The summed E-state index contributed by atoms with van der Waals surface area (Å²) >= 11 is 0. The van der Waals surface area contributed by atoms with Crippen LogP contribution in [0.2, 0.25) is 0 Å². The summed E-state index contributed by atoms with van der Waals surface area (Å²) in [5.74, 6) is 2.61. The van der Waals surface area contributed by atoms with E-state index in [0.29, 0.717) is 40.6 Å². The fraction of sp³-hybridized carbons (Fsp3) is 0.515. The summed E-state index contributed by atoms with van der Waals surface area (Å²) in [6.45, 7) is 4.16. The standard InChI is InChI=1S/C33H35FN8O2/c34-22-6-9-27(26(14-22)25-8-7-23(15-35)39-28(25)20-4-5-20)44-31-30(37-19-38-40-31)42-17-33(18-42)10-12-41(13-11-33)32(43)29-24-3-1-2-21(24)16-36-29/h6-9,14,19-21,24,29,36H,1-5,10-13,16-18H2/t21-,24-,29-/m0/s1. The van der Waals surface area contributed by atoms with E-state index in [-0.39, 0.29) is 23.3 Å². The number of benzene rings is 1. The molecule has 2 aromatic heterocycles. The van der Waals surface area contributed by atoms with Gasteiger partial charge in [0.2, 0.25) is 5.91 Å². The SMILES string of the molecule is N#Cc1ccc(-c2cc(F)ccc2Oc2nncnc2N2CC3(CCN(C(=O)[C@H]4NC[C@@H]5CCC[C@@H]54)CC3)C2)c(C2CC2)n1. The van der Waals surface area contributed by atoms with Gasteiger partial charge >= 0.3 is 0 Å². The number of nitriles is 1. The third-order valence-electron chi connectivity index (χ3n) is 10.5. The topological polar surface area (TPSA) is 120 Å². The Bertz CT molecular complexity index is 1640. The van der Waals surface area contributed by atoms with Gasteiger partial charge in [-0.25, -0.2) is 14.4 Å². The van der Waals surface area contributed by atoms with Crippen LogP contribution < -0.4 is 15.0 Å². The highest BCUT2D eigenvalue weighted by atomic mass is 19.1. The molecule has 1 spiro atoms. The lowest BCUT2D eigenvalue weighted by molar-refractivity contribution is -0.136. The van der Waals surface area contributed by atoms with Crippen LogP contribution >= 0.6 is 0 Å². The summed E-state index contributed by atoms with van der Waals surface area (Å²) in [4.78, 5) is 26.7. The van der Waals surface area contributed by atoms with Crippen LogP contribution in [0.4, 0.5) is 10.2 Å². The predicted molar refractivity (Wildman–Crippen MR) is 159 cm³/mol. The molecule has 1 aromatic carbocycles. The lowest BCUT2D eigenvalue weighted by Crippen LogP contribution is -2.62. The molecule has 44 heavy (non-hydrogen) atoms. The maximum Gasteiger partial charge on any atom is 0.282 e. The fourth-order valence-electron chi connectivity index (χ4n) is 7.97. The quantitative estimate of drug-likeness (QED) is 0.442. The lowest BCUT2D eigenvalue weighted by Gasteiger charge is -2.54. The molecule has 8 rings (SSSR count). The van der Waals surface area contributed by atoms with Crippen LogP contribution in [0.5, 0.6) is 11.6 Å². The van der Waals surface area contributed by atoms with Gasteiger partial charge in [-0.15, -0.1) is 10.2 Å². The Labute approximate surface area is 255 Å². The maximum atomic E-state index is 14.6. The summed E-state index contributed by atoms with van der Waals surface area (Å²) in [5, 5.41) is 21.2. The fourth-order valence-corrected chi connectivity index (χ4v) is 7.97. The van der Waals surface area contributed by atoms with Crippen molar-refractivity contribution in [3.63, 3.8) is 0 Å². The van der Waals surface area contributed by atoms with E-state index >= 15 is 0 Å². The van der Waals surface area contributed by atoms with Gasteiger partial charge in [-0.2, -0.15) is 5.26 Å². The third-order valence-corrected chi connectivity index (χ3v) is 10.5. The minimum absolute atomic E-state index is 0.00184. The average Bonchev–Trinajstić information content (AvgIpc) is 3.65. The van der Waals surface area contributed by atoms with Crippen LogP contribution in [0, 0.1) is 34.4 Å². The van der Waals surface area contributed by atoms with Crippen molar-refractivity contribution in [2.24, 2.45) is 17.3 Å². The number of anilines is 1. The van der Waals surface area contributed by atoms with Crippen LogP contribution in [-0.2, 0) is 4.79 Å². The first-order valence-corrected chi connectivity index (χ1v) is 15.8. The molecule has 1 N–H and O–H groups in total. The molecule has 11 heteroatoms. The second kappa shape index (κ2) is 10.8. The van der Waals surface area contributed by atoms with E-state index in [0.717, 1.165) is 69.7 Å². The Morgan fingerprint density at radius 3 is 2.73 bits per heavy atom. The zero-order valence-corrected chi connectivity index (χ0v) is 24.6. The third kappa shape index (κ3) is 4.85. The minimum Gasteiger partial charge on any atom is -0.434 e. The van der Waals surface area contributed by atoms with Gasteiger partial charge in [-0.1, -0.05) is 6.42 Å². The maximum absolute atomic E-state index is 14.6. The number of piperidine rings is 1. The predicted octanol–water partition coefficient (Wildman–Crippen LogP) is 4.43. The summed E-state index contributed by atoms with van der Waals surface area (Å²) < 4.78 is 20.9. The first-order valence-electron chi connectivity index (χ1n) is 15.8. The van der Waals surface area contributed by atoms with E-state index in [9.17, 15) is 14.4 Å². The Morgan fingerprint density at radius 1 is 1.09 bits per heavy atom. The second-order valence-corrected chi connectivity index (χ2v) is 13.3. The van der Waals surface area contributed by atoms with Crippen molar-refractivity contribution in [2.75, 3.05) is 37.6 Å². The van der Waals surface area contributed by atoms with Crippen molar-refractivity contribution in [2.45, 2.75) is 56.9 Å². The van der Waals surface area contributed by atoms with E-state index in [2.05, 4.69) is 41.4 Å². The van der Waals surface area contributed by atoms with E-state index in [1.54, 1.807) is 12.1 Å². The average molecular weight is 595 g/mol. The number of carbonyl (C=O) groups is 1. The molecule has 0 radical (unpaired) electrons. The van der Waals surface area contributed by atoms with Crippen molar-refractivity contribution < 1.29 is 13.9 Å². The van der Waals surface area contributed by atoms with Crippen molar-refractivity contribution in [1.82, 2.24) is 30.4 Å². The number of carbonyl (C=O) groups excluding carboxylic acids is 1. The number of pyridine rings is 1. The molecule has 3 atom stereocenters. The molecule has 2 aliphatic carbocycles. The molecule has 3 aliphatic heterocycles. The summed E-state index contributed by atoms with van der Waals surface area (Å²) in [6, 6.07) is 9.97. The molecule has 3 aromatic rings. The van der Waals surface area contributed by atoms with Gasteiger partial charge in [0.15, 0.2) is 5.82 Å². The molecule has 226 valence electrons. The monoisotopic (exact) mass is 594 g/mol. The molecule has 1 amide bonds. The van der Waals surface area contributed by atoms with E-state index in [1.165, 1.54) is 37.7 Å². The zero-order valence-electron chi connectivity index (χ0n) is 24.6. The molecule has 3 saturated heterocycles. The summed E-state index contributed by atoms with van der Waals surface area (Å²) in [7, 11) is 0. The van der Waals surface area contributed by atoms with Crippen LogP contribution in [0.1, 0.15) is 62.3 Å². The first-order chi connectivity index (χ1) is 21.5. The highest BCUT2D eigenvalue weighted by molar-refractivity contribution is 5.83. The number of likely N-dealkylation sites (tertiary alicyclic amines) is 1. The molecular weight excluding hydrogens is 559 g/mol. The highest BCUT2D eigenvalue weighted by Crippen LogP contribution is 2.48. The molecular formula is C33H35FN8O2. The molecule has 10 nitrogen and oxygen atoms in total. The number of hydrogen-bond acceptors (Lipinski definition) is 9. The Hall–Kier alpha value is -4.17. The number of nitrogens with one attached hydrogen (secondary N) is 1. The van der Waals surface area contributed by atoms with Crippen molar-refractivity contribution in [3.8, 4) is 28.8 Å². The van der Waals surface area contributed by atoms with E-state index in [4.69, 9.17) is 4.74 Å². The first kappa shape index (κ1) is 27.4. The van der Waals surface area contributed by atoms with Crippen molar-refractivity contribution >= 4 is 11.7 Å². The number of aromatic nitrogens is 4. The Morgan fingerprint density at radius 2 is 1.93 bits per heavy atom. The normalized spacial score (nSPS) is 25.4. The molecule has 5 aliphatic rings. The number of ether oxygens (including phenoxy) is 1. The van der Waals surface area contributed by atoms with Crippen LogP contribution in [-0.4, -0.2) is 69.7 Å². The zero-order chi connectivity index (χ0) is 29.8. The number of nitrogens with zero attached hydrogens (tertiary/aromatic N) is 7. The van der Waals surface area contributed by atoms with Gasteiger partial charge in [0.05, 0.1) is 11.7 Å². The molecule has 5 fully saturated rings. The summed E-state index contributed by atoms with van der Waals surface area (Å²) in [5.41, 5.74) is 2.57. The van der Waals surface area contributed by atoms with Gasteiger partial charge in [0.1, 0.15) is 29.7 Å². The van der Waals surface area contributed by atoms with E-state index < -0.39 is 5.82 Å². The second-order valence-electron chi connectivity index (χ2n) is 13.3. The van der Waals surface area contributed by atoms with Gasteiger partial charge < -0.3 is 19.9 Å². The minimum atomic E-state index is -0.391. The van der Waals surface area contributed by atoms with Gasteiger partial charge in [-0.05, 0) is 87.2 Å². The number of amides is 1. The smallest absolute Gasteiger partial charge is 0.282 e. The highest BCUT2D eigenvalue weighted by Gasteiger charge is 2.49. The molecule has 0 unspecified atom stereocenters. The van der Waals surface area contributed by atoms with Gasteiger partial charge in [-0.3, -0.25) is 4.79 Å². The van der Waals surface area contributed by atoms with Crippen LogP contribution in [0.3, 0.4) is 0 Å².